The molecule has 1 heterocycles. The van der Waals surface area contributed by atoms with Crippen LogP contribution in [0, 0.1) is 11.3 Å². The Labute approximate surface area is 83.2 Å². The first kappa shape index (κ1) is 8.83. The van der Waals surface area contributed by atoms with Gasteiger partial charge in [0.15, 0.2) is 0 Å². The van der Waals surface area contributed by atoms with E-state index < -0.39 is 0 Å². The Kier molecular flexibility index (Phi) is 2.24. The monoisotopic (exact) mass is 184 g/mol. The van der Waals surface area contributed by atoms with Crippen LogP contribution < -0.4 is 0 Å². The Bertz CT molecular complexity index is 476. The second-order valence-corrected chi connectivity index (χ2v) is 3.38. The molecule has 1 aromatic carbocycles. The molecule has 2 heteroatoms. The Hall–Kier alpha value is -1.75. The maximum atomic E-state index is 9.01. The third-order valence-electron chi connectivity index (χ3n) is 2.56. The van der Waals surface area contributed by atoms with Gasteiger partial charge in [-0.2, -0.15) is 5.26 Å². The van der Waals surface area contributed by atoms with Crippen LogP contribution in [0.4, 0.5) is 0 Å². The Balaban J connectivity index is 2.62. The molecule has 14 heavy (non-hydrogen) atoms. The number of aromatic nitrogens is 1. The average Bonchev–Trinajstić information content (AvgIpc) is 2.68. The van der Waals surface area contributed by atoms with Crippen molar-refractivity contribution in [2.45, 2.75) is 19.3 Å². The highest BCUT2D eigenvalue weighted by molar-refractivity contribution is 5.83. The number of hydrogen-bond donors (Lipinski definition) is 1. The van der Waals surface area contributed by atoms with E-state index in [1.165, 1.54) is 5.39 Å². The van der Waals surface area contributed by atoms with Gasteiger partial charge in [-0.1, -0.05) is 25.1 Å². The molecule has 0 aliphatic heterocycles. The van der Waals surface area contributed by atoms with Gasteiger partial charge in [-0.15, -0.1) is 0 Å². The third-order valence-corrected chi connectivity index (χ3v) is 2.56. The Morgan fingerprint density at radius 2 is 2.29 bits per heavy atom. The maximum absolute atomic E-state index is 9.01. The summed E-state index contributed by atoms with van der Waals surface area (Å²) in [5.41, 5.74) is 2.21. The number of nitrogens with one attached hydrogen (secondary N) is 1. The predicted molar refractivity (Wildman–Crippen MR) is 56.9 cm³/mol. The number of hydrogen-bond acceptors (Lipinski definition) is 1. The van der Waals surface area contributed by atoms with E-state index in [0.29, 0.717) is 0 Å². The molecular weight excluding hydrogens is 172 g/mol. The van der Waals surface area contributed by atoms with Crippen molar-refractivity contribution < 1.29 is 0 Å². The number of aromatic amines is 1. The lowest BCUT2D eigenvalue weighted by Gasteiger charge is -2.07. The average molecular weight is 184 g/mol. The SMILES string of the molecule is CCC(C#N)c1cccc2cc[nH]c12. The molecule has 0 amide bonds. The first-order valence-corrected chi connectivity index (χ1v) is 4.82. The Morgan fingerprint density at radius 1 is 1.43 bits per heavy atom. The molecule has 0 aliphatic carbocycles. The van der Waals surface area contributed by atoms with Gasteiger partial charge in [0.25, 0.3) is 0 Å². The highest BCUT2D eigenvalue weighted by Gasteiger charge is 2.11. The van der Waals surface area contributed by atoms with E-state index in [1.807, 2.05) is 31.3 Å². The summed E-state index contributed by atoms with van der Waals surface area (Å²) in [7, 11) is 0. The minimum atomic E-state index is -0.00245. The molecule has 0 radical (unpaired) electrons. The molecule has 1 unspecified atom stereocenters. The quantitative estimate of drug-likeness (QED) is 0.764. The van der Waals surface area contributed by atoms with Crippen molar-refractivity contribution in [3.63, 3.8) is 0 Å². The number of nitrogens with zero attached hydrogens (tertiary/aromatic N) is 1. The third kappa shape index (κ3) is 1.27. The molecule has 2 rings (SSSR count). The lowest BCUT2D eigenvalue weighted by Crippen LogP contribution is -1.94. The van der Waals surface area contributed by atoms with Gasteiger partial charge >= 0.3 is 0 Å². The van der Waals surface area contributed by atoms with Crippen molar-refractivity contribution in [2.75, 3.05) is 0 Å². The molecule has 2 nitrogen and oxygen atoms in total. The number of fused-ring (bicyclic) bond motifs is 1. The molecule has 0 aliphatic rings. The first-order valence-electron chi connectivity index (χ1n) is 4.82. The lowest BCUT2D eigenvalue weighted by molar-refractivity contribution is 0.823. The number of benzene rings is 1. The zero-order valence-corrected chi connectivity index (χ0v) is 8.12. The molecule has 0 bridgehead atoms. The van der Waals surface area contributed by atoms with Crippen LogP contribution in [0.15, 0.2) is 30.5 Å². The van der Waals surface area contributed by atoms with Gasteiger partial charge in [-0.05, 0) is 23.4 Å². The van der Waals surface area contributed by atoms with Crippen molar-refractivity contribution in [3.05, 3.63) is 36.0 Å². The maximum Gasteiger partial charge on any atom is 0.0730 e. The van der Waals surface area contributed by atoms with Gasteiger partial charge in [0.05, 0.1) is 12.0 Å². The van der Waals surface area contributed by atoms with Crippen LogP contribution in [0.25, 0.3) is 10.9 Å². The van der Waals surface area contributed by atoms with Crippen molar-refractivity contribution in [3.8, 4) is 6.07 Å². The first-order chi connectivity index (χ1) is 6.86. The summed E-state index contributed by atoms with van der Waals surface area (Å²) in [6.45, 7) is 2.04. The molecular formula is C12H12N2. The van der Waals surface area contributed by atoms with Crippen LogP contribution in [0.2, 0.25) is 0 Å². The predicted octanol–water partition coefficient (Wildman–Crippen LogP) is 3.19. The zero-order valence-electron chi connectivity index (χ0n) is 8.12. The summed E-state index contributed by atoms with van der Waals surface area (Å²) in [6, 6.07) is 10.4. The largest absolute Gasteiger partial charge is 0.361 e. The van der Waals surface area contributed by atoms with Crippen molar-refractivity contribution in [2.24, 2.45) is 0 Å². The fourth-order valence-corrected chi connectivity index (χ4v) is 1.78. The fourth-order valence-electron chi connectivity index (χ4n) is 1.78. The fraction of sp³-hybridized carbons (Fsp3) is 0.250. The number of nitriles is 1. The molecule has 1 aromatic heterocycles. The molecule has 1 atom stereocenters. The van der Waals surface area contributed by atoms with E-state index >= 15 is 0 Å². The summed E-state index contributed by atoms with van der Waals surface area (Å²) in [4.78, 5) is 3.19. The van der Waals surface area contributed by atoms with E-state index in [9.17, 15) is 0 Å². The summed E-state index contributed by atoms with van der Waals surface area (Å²) < 4.78 is 0. The summed E-state index contributed by atoms with van der Waals surface area (Å²) in [5.74, 6) is -0.00245. The lowest BCUT2D eigenvalue weighted by atomic mass is 9.96. The minimum Gasteiger partial charge on any atom is -0.361 e. The molecule has 0 fully saturated rings. The second kappa shape index (κ2) is 3.55. The standard InChI is InChI=1S/C12H12N2/c1-2-9(8-13)11-5-3-4-10-6-7-14-12(10)11/h3-7,9,14H,2H2,1H3. The van der Waals surface area contributed by atoms with E-state index in [2.05, 4.69) is 17.1 Å². The van der Waals surface area contributed by atoms with Crippen LogP contribution in [0.1, 0.15) is 24.8 Å². The summed E-state index contributed by atoms with van der Waals surface area (Å²) >= 11 is 0. The van der Waals surface area contributed by atoms with Crippen LogP contribution in [-0.4, -0.2) is 4.98 Å². The molecule has 1 N–H and O–H groups in total. The molecule has 0 spiro atoms. The summed E-state index contributed by atoms with van der Waals surface area (Å²) in [6.07, 6.45) is 2.77. The highest BCUT2D eigenvalue weighted by Crippen LogP contribution is 2.26. The second-order valence-electron chi connectivity index (χ2n) is 3.38. The number of para-hydroxylation sites is 1. The minimum absolute atomic E-state index is 0.00245. The molecule has 70 valence electrons. The number of H-pyrrole nitrogens is 1. The normalized spacial score (nSPS) is 12.6. The van der Waals surface area contributed by atoms with E-state index in [4.69, 9.17) is 5.26 Å². The zero-order chi connectivity index (χ0) is 9.97. The van der Waals surface area contributed by atoms with Gasteiger partial charge in [0.1, 0.15) is 0 Å². The van der Waals surface area contributed by atoms with Crippen LogP contribution in [0.5, 0.6) is 0 Å². The smallest absolute Gasteiger partial charge is 0.0730 e. The molecule has 0 saturated carbocycles. The van der Waals surface area contributed by atoms with Crippen molar-refractivity contribution in [1.82, 2.24) is 4.98 Å². The van der Waals surface area contributed by atoms with Crippen molar-refractivity contribution in [1.29, 1.82) is 5.26 Å². The van der Waals surface area contributed by atoms with E-state index in [-0.39, 0.29) is 5.92 Å². The van der Waals surface area contributed by atoms with Crippen LogP contribution in [-0.2, 0) is 0 Å². The van der Waals surface area contributed by atoms with Crippen LogP contribution >= 0.6 is 0 Å². The van der Waals surface area contributed by atoms with Gasteiger partial charge in [-0.25, -0.2) is 0 Å². The van der Waals surface area contributed by atoms with Gasteiger partial charge in [-0.3, -0.25) is 0 Å². The summed E-state index contributed by atoms with van der Waals surface area (Å²) in [5, 5.41) is 10.2. The van der Waals surface area contributed by atoms with Crippen LogP contribution in [0.3, 0.4) is 0 Å². The van der Waals surface area contributed by atoms with E-state index in [1.54, 1.807) is 0 Å². The topological polar surface area (TPSA) is 39.6 Å². The van der Waals surface area contributed by atoms with Gasteiger partial charge in [0.2, 0.25) is 0 Å². The highest BCUT2D eigenvalue weighted by atomic mass is 14.7. The molecule has 0 saturated heterocycles. The van der Waals surface area contributed by atoms with E-state index in [0.717, 1.165) is 17.5 Å². The van der Waals surface area contributed by atoms with Gasteiger partial charge < -0.3 is 4.98 Å². The Morgan fingerprint density at radius 3 is 3.00 bits per heavy atom. The van der Waals surface area contributed by atoms with Crippen molar-refractivity contribution >= 4 is 10.9 Å². The molecule has 2 aromatic rings. The van der Waals surface area contributed by atoms with Gasteiger partial charge in [0, 0.05) is 11.7 Å². The number of rotatable bonds is 2.